The van der Waals surface area contributed by atoms with E-state index in [1.165, 1.54) is 31.4 Å². The van der Waals surface area contributed by atoms with Crippen molar-refractivity contribution in [2.45, 2.75) is 19.4 Å². The highest BCUT2D eigenvalue weighted by atomic mass is 19.1. The first kappa shape index (κ1) is 24.3. The number of methoxy groups -OCH3 is 1. The second-order valence-electron chi connectivity index (χ2n) is 7.37. The molecule has 0 aromatic heterocycles. The maximum Gasteiger partial charge on any atom is 0.255 e. The summed E-state index contributed by atoms with van der Waals surface area (Å²) in [5.41, 5.74) is 2.05. The van der Waals surface area contributed by atoms with Gasteiger partial charge in [-0.25, -0.2) is 4.39 Å². The molecule has 0 saturated heterocycles. The van der Waals surface area contributed by atoms with E-state index in [-0.39, 0.29) is 17.9 Å². The minimum Gasteiger partial charge on any atom is -0.493 e. The molecule has 0 spiro atoms. The average molecular weight is 461 g/mol. The Labute approximate surface area is 197 Å². The Balaban J connectivity index is 1.43. The van der Waals surface area contributed by atoms with Gasteiger partial charge in [0.25, 0.3) is 5.91 Å². The molecule has 7 nitrogen and oxygen atoms in total. The van der Waals surface area contributed by atoms with E-state index in [0.29, 0.717) is 42.3 Å². The zero-order chi connectivity index (χ0) is 24.3. The Morgan fingerprint density at radius 1 is 1.03 bits per heavy atom. The van der Waals surface area contributed by atoms with Crippen LogP contribution in [0.4, 0.5) is 10.1 Å². The van der Waals surface area contributed by atoms with Gasteiger partial charge in [0.1, 0.15) is 5.82 Å². The number of hydrogen-bond donors (Lipinski definition) is 2. The van der Waals surface area contributed by atoms with E-state index < -0.39 is 11.7 Å². The molecule has 0 aliphatic heterocycles. The number of benzene rings is 3. The highest BCUT2D eigenvalue weighted by Crippen LogP contribution is 2.28. The molecule has 0 aliphatic carbocycles. The van der Waals surface area contributed by atoms with Crippen molar-refractivity contribution < 1.29 is 23.5 Å². The van der Waals surface area contributed by atoms with Gasteiger partial charge in [-0.3, -0.25) is 9.59 Å². The molecule has 0 heterocycles. The van der Waals surface area contributed by atoms with Crippen LogP contribution in [-0.2, 0) is 11.3 Å². The molecule has 0 saturated carbocycles. The van der Waals surface area contributed by atoms with Crippen LogP contribution in [0.15, 0.2) is 66.7 Å². The molecule has 0 fully saturated rings. The van der Waals surface area contributed by atoms with Crippen LogP contribution in [0.25, 0.3) is 0 Å². The van der Waals surface area contributed by atoms with Crippen LogP contribution in [0.5, 0.6) is 11.5 Å². The first-order chi connectivity index (χ1) is 16.5. The van der Waals surface area contributed by atoms with Crippen LogP contribution in [0.1, 0.15) is 34.3 Å². The molecule has 0 unspecified atom stereocenters. The van der Waals surface area contributed by atoms with E-state index in [0.717, 1.165) is 5.56 Å². The zero-order valence-electron chi connectivity index (χ0n) is 18.6. The smallest absolute Gasteiger partial charge is 0.255 e. The lowest BCUT2D eigenvalue weighted by molar-refractivity contribution is -0.121. The lowest BCUT2D eigenvalue weighted by Gasteiger charge is -2.11. The number of rotatable bonds is 10. The summed E-state index contributed by atoms with van der Waals surface area (Å²) in [7, 11) is 1.50. The SMILES string of the molecule is COc1cc(C#N)ccc1OCCCC(=O)NCc1cccc(NC(=O)c2cccc(F)c2)c1. The number of hydrogen-bond acceptors (Lipinski definition) is 5. The fraction of sp³-hybridized carbons (Fsp3) is 0.192. The maximum absolute atomic E-state index is 13.3. The molecule has 2 N–H and O–H groups in total. The van der Waals surface area contributed by atoms with Gasteiger partial charge in [-0.2, -0.15) is 5.26 Å². The van der Waals surface area contributed by atoms with Crippen LogP contribution in [0.3, 0.4) is 0 Å². The maximum atomic E-state index is 13.3. The fourth-order valence-electron chi connectivity index (χ4n) is 3.15. The minimum absolute atomic E-state index is 0.135. The van der Waals surface area contributed by atoms with Gasteiger partial charge >= 0.3 is 0 Å². The van der Waals surface area contributed by atoms with Crippen LogP contribution < -0.4 is 20.1 Å². The molecular weight excluding hydrogens is 437 g/mol. The summed E-state index contributed by atoms with van der Waals surface area (Å²) in [5, 5.41) is 14.5. The Morgan fingerprint density at radius 2 is 1.85 bits per heavy atom. The molecule has 2 amide bonds. The van der Waals surface area contributed by atoms with Crippen molar-refractivity contribution in [1.29, 1.82) is 5.26 Å². The highest BCUT2D eigenvalue weighted by molar-refractivity contribution is 6.04. The van der Waals surface area contributed by atoms with Crippen molar-refractivity contribution in [2.75, 3.05) is 19.0 Å². The van der Waals surface area contributed by atoms with Gasteiger partial charge in [0.15, 0.2) is 11.5 Å². The quantitative estimate of drug-likeness (QED) is 0.435. The van der Waals surface area contributed by atoms with E-state index in [1.807, 2.05) is 12.1 Å². The van der Waals surface area contributed by atoms with Gasteiger partial charge in [0.2, 0.25) is 5.91 Å². The molecule has 174 valence electrons. The van der Waals surface area contributed by atoms with Gasteiger partial charge in [-0.15, -0.1) is 0 Å². The predicted molar refractivity (Wildman–Crippen MR) is 125 cm³/mol. The third-order valence-corrected chi connectivity index (χ3v) is 4.86. The number of carbonyl (C=O) groups excluding carboxylic acids is 2. The number of amides is 2. The molecule has 3 aromatic rings. The highest BCUT2D eigenvalue weighted by Gasteiger charge is 2.09. The molecule has 3 aromatic carbocycles. The molecule has 8 heteroatoms. The Bertz CT molecular complexity index is 1210. The molecule has 0 radical (unpaired) electrons. The lowest BCUT2D eigenvalue weighted by atomic mass is 10.1. The Hall–Kier alpha value is -4.38. The van der Waals surface area contributed by atoms with Gasteiger partial charge in [-0.05, 0) is 54.4 Å². The summed E-state index contributed by atoms with van der Waals surface area (Å²) in [6.45, 7) is 0.615. The van der Waals surface area contributed by atoms with Crippen molar-refractivity contribution in [3.05, 3.63) is 89.2 Å². The largest absolute Gasteiger partial charge is 0.493 e. The third kappa shape index (κ3) is 7.07. The predicted octanol–water partition coefficient (Wildman–Crippen LogP) is 4.43. The summed E-state index contributed by atoms with van der Waals surface area (Å²) in [6.07, 6.45) is 0.771. The summed E-state index contributed by atoms with van der Waals surface area (Å²) in [5.74, 6) is -0.0541. The summed E-state index contributed by atoms with van der Waals surface area (Å²) in [6, 6.07) is 19.4. The van der Waals surface area contributed by atoms with E-state index in [1.54, 1.807) is 36.4 Å². The molecule has 0 aliphatic rings. The Morgan fingerprint density at radius 3 is 2.62 bits per heavy atom. The van der Waals surface area contributed by atoms with Crippen molar-refractivity contribution >= 4 is 17.5 Å². The molecule has 34 heavy (non-hydrogen) atoms. The topological polar surface area (TPSA) is 100 Å². The summed E-state index contributed by atoms with van der Waals surface area (Å²) < 4.78 is 24.2. The van der Waals surface area contributed by atoms with Crippen LogP contribution in [-0.4, -0.2) is 25.5 Å². The van der Waals surface area contributed by atoms with Crippen molar-refractivity contribution in [2.24, 2.45) is 0 Å². The molecule has 3 rings (SSSR count). The van der Waals surface area contributed by atoms with Crippen molar-refractivity contribution in [3.8, 4) is 17.6 Å². The zero-order valence-corrected chi connectivity index (χ0v) is 18.6. The van der Waals surface area contributed by atoms with Crippen LogP contribution in [0.2, 0.25) is 0 Å². The van der Waals surface area contributed by atoms with Crippen LogP contribution >= 0.6 is 0 Å². The molecular formula is C26H24FN3O4. The molecule has 0 bridgehead atoms. The van der Waals surface area contributed by atoms with E-state index in [9.17, 15) is 14.0 Å². The Kier molecular flexibility index (Phi) is 8.58. The summed E-state index contributed by atoms with van der Waals surface area (Å²) in [4.78, 5) is 24.5. The van der Waals surface area contributed by atoms with Crippen molar-refractivity contribution in [1.82, 2.24) is 5.32 Å². The monoisotopic (exact) mass is 461 g/mol. The number of nitriles is 1. The number of ether oxygens (including phenoxy) is 2. The standard InChI is InChI=1S/C26H24FN3O4/c1-33-24-14-18(16-28)10-11-23(24)34-12-4-9-25(31)29-17-19-5-2-8-22(13-19)30-26(32)20-6-3-7-21(27)15-20/h2-3,5-8,10-11,13-15H,4,9,12,17H2,1H3,(H,29,31)(H,30,32). The number of anilines is 1. The summed E-state index contributed by atoms with van der Waals surface area (Å²) >= 11 is 0. The average Bonchev–Trinajstić information content (AvgIpc) is 2.85. The van der Waals surface area contributed by atoms with Gasteiger partial charge in [-0.1, -0.05) is 18.2 Å². The third-order valence-electron chi connectivity index (χ3n) is 4.86. The number of nitrogens with one attached hydrogen (secondary N) is 2. The minimum atomic E-state index is -0.481. The van der Waals surface area contributed by atoms with E-state index in [4.69, 9.17) is 14.7 Å². The molecule has 0 atom stereocenters. The van der Waals surface area contributed by atoms with Crippen molar-refractivity contribution in [3.63, 3.8) is 0 Å². The van der Waals surface area contributed by atoms with Gasteiger partial charge in [0.05, 0.1) is 25.3 Å². The second kappa shape index (κ2) is 12.0. The number of halogens is 1. The van der Waals surface area contributed by atoms with Crippen LogP contribution in [0, 0.1) is 17.1 Å². The first-order valence-electron chi connectivity index (χ1n) is 10.6. The van der Waals surface area contributed by atoms with E-state index >= 15 is 0 Å². The van der Waals surface area contributed by atoms with E-state index in [2.05, 4.69) is 10.6 Å². The fourth-order valence-corrected chi connectivity index (χ4v) is 3.15. The number of nitrogens with zero attached hydrogens (tertiary/aromatic N) is 1. The number of carbonyl (C=O) groups is 2. The van der Waals surface area contributed by atoms with Gasteiger partial charge < -0.3 is 20.1 Å². The second-order valence-corrected chi connectivity index (χ2v) is 7.37. The van der Waals surface area contributed by atoms with Gasteiger partial charge in [0, 0.05) is 30.3 Å². The lowest BCUT2D eigenvalue weighted by Crippen LogP contribution is -2.23. The normalized spacial score (nSPS) is 10.1. The first-order valence-corrected chi connectivity index (χ1v) is 10.6.